The van der Waals surface area contributed by atoms with Crippen LogP contribution in [0.4, 0.5) is 13.2 Å². The number of benzene rings is 3. The lowest BCUT2D eigenvalue weighted by Gasteiger charge is -2.16. The molecule has 0 radical (unpaired) electrons. The number of alkyl halides is 3. The number of halogens is 6. The molecule has 5 nitrogen and oxygen atoms in total. The third-order valence-electron chi connectivity index (χ3n) is 5.81. The maximum atomic E-state index is 13.0. The van der Waals surface area contributed by atoms with E-state index in [1.807, 2.05) is 12.9 Å². The van der Waals surface area contributed by atoms with Gasteiger partial charge in [0.1, 0.15) is 17.1 Å². The number of rotatable bonds is 7. The number of aromatic amines is 1. The number of fused-ring (bicyclic) bond motifs is 1. The third-order valence-corrected chi connectivity index (χ3v) is 6.80. The van der Waals surface area contributed by atoms with Crippen molar-refractivity contribution in [2.45, 2.75) is 19.1 Å². The van der Waals surface area contributed by atoms with Gasteiger partial charge in [0, 0.05) is 23.3 Å². The summed E-state index contributed by atoms with van der Waals surface area (Å²) in [6.07, 6.45) is -4.90. The molecule has 0 aliphatic carbocycles. The maximum absolute atomic E-state index is 13.0. The number of nitrogens with one attached hydrogen (secondary N) is 1. The summed E-state index contributed by atoms with van der Waals surface area (Å²) in [4.78, 5) is 7.65. The molecular formula is C24H19BCl3F3N2O3. The summed E-state index contributed by atoms with van der Waals surface area (Å²) in [5.41, 5.74) is 2.40. The fourth-order valence-corrected chi connectivity index (χ4v) is 4.97. The molecule has 0 bridgehead atoms. The molecule has 1 unspecified atom stereocenters. The maximum Gasteiger partial charge on any atom is 0.573 e. The Hall–Kier alpha value is -2.43. The molecule has 36 heavy (non-hydrogen) atoms. The van der Waals surface area contributed by atoms with E-state index in [1.54, 1.807) is 25.3 Å². The van der Waals surface area contributed by atoms with E-state index in [-0.39, 0.29) is 40.2 Å². The van der Waals surface area contributed by atoms with E-state index < -0.39 is 18.0 Å². The van der Waals surface area contributed by atoms with Crippen molar-refractivity contribution >= 4 is 58.2 Å². The number of aromatic nitrogens is 2. The Bertz CT molecular complexity index is 1410. The molecule has 0 fully saturated rings. The topological polar surface area (TPSA) is 67.4 Å². The first-order valence-electron chi connectivity index (χ1n) is 10.7. The molecule has 3 aromatic carbocycles. The van der Waals surface area contributed by atoms with Crippen LogP contribution in [0.5, 0.6) is 5.75 Å². The number of ether oxygens (including phenoxy) is 1. The predicted octanol–water partition coefficient (Wildman–Crippen LogP) is 6.69. The van der Waals surface area contributed by atoms with E-state index in [0.29, 0.717) is 21.9 Å². The first-order valence-corrected chi connectivity index (χ1v) is 11.8. The zero-order valence-electron chi connectivity index (χ0n) is 19.0. The molecule has 1 heterocycles. The van der Waals surface area contributed by atoms with Gasteiger partial charge in [-0.1, -0.05) is 72.0 Å². The Balaban J connectivity index is 1.81. The summed E-state index contributed by atoms with van der Waals surface area (Å²) in [6.45, 7) is 1.40. The second-order valence-corrected chi connectivity index (χ2v) is 9.20. The van der Waals surface area contributed by atoms with E-state index >= 15 is 0 Å². The van der Waals surface area contributed by atoms with Gasteiger partial charge in [-0.15, -0.1) is 13.2 Å². The fraction of sp³-hybridized carbons (Fsp3) is 0.208. The van der Waals surface area contributed by atoms with Gasteiger partial charge in [0.15, 0.2) is 0 Å². The molecule has 4 rings (SSSR count). The van der Waals surface area contributed by atoms with Crippen LogP contribution in [0.15, 0.2) is 48.5 Å². The van der Waals surface area contributed by atoms with Crippen LogP contribution in [-0.2, 0) is 4.65 Å². The Morgan fingerprint density at radius 1 is 1.08 bits per heavy atom. The summed E-state index contributed by atoms with van der Waals surface area (Å²) in [6, 6.07) is 12.5. The molecule has 0 saturated heterocycles. The third kappa shape index (κ3) is 5.31. The van der Waals surface area contributed by atoms with Crippen molar-refractivity contribution in [3.8, 4) is 16.9 Å². The lowest BCUT2D eigenvalue weighted by Crippen LogP contribution is -2.29. The summed E-state index contributed by atoms with van der Waals surface area (Å²) >= 11 is 19.6. The summed E-state index contributed by atoms with van der Waals surface area (Å²) in [5, 5.41) is 10.7. The van der Waals surface area contributed by atoms with Crippen molar-refractivity contribution in [1.82, 2.24) is 9.97 Å². The van der Waals surface area contributed by atoms with Crippen LogP contribution in [0.3, 0.4) is 0 Å². The van der Waals surface area contributed by atoms with Gasteiger partial charge in [-0.05, 0) is 29.2 Å². The first-order chi connectivity index (χ1) is 17.0. The highest BCUT2D eigenvalue weighted by molar-refractivity contribution is 6.66. The van der Waals surface area contributed by atoms with Crippen molar-refractivity contribution in [1.29, 1.82) is 0 Å². The number of H-pyrrole nitrogens is 1. The molecule has 4 aromatic rings. The molecule has 0 aliphatic heterocycles. The lowest BCUT2D eigenvalue weighted by molar-refractivity contribution is -0.274. The highest BCUT2D eigenvalue weighted by Gasteiger charge is 2.33. The van der Waals surface area contributed by atoms with Gasteiger partial charge >= 0.3 is 13.3 Å². The van der Waals surface area contributed by atoms with E-state index in [9.17, 15) is 18.3 Å². The molecule has 12 heteroatoms. The Morgan fingerprint density at radius 2 is 1.81 bits per heavy atom. The fourth-order valence-electron chi connectivity index (χ4n) is 3.95. The molecule has 188 valence electrons. The molecule has 0 amide bonds. The Morgan fingerprint density at radius 3 is 2.44 bits per heavy atom. The molecule has 1 atom stereocenters. The number of para-hydroxylation sites is 1. The van der Waals surface area contributed by atoms with Gasteiger partial charge in [0.05, 0.1) is 28.1 Å². The number of aliphatic hydroxyl groups excluding tert-OH is 1. The van der Waals surface area contributed by atoms with Gasteiger partial charge in [-0.3, -0.25) is 0 Å². The van der Waals surface area contributed by atoms with Gasteiger partial charge in [-0.2, -0.15) is 0 Å². The van der Waals surface area contributed by atoms with Crippen molar-refractivity contribution in [2.75, 3.05) is 13.7 Å². The quantitative estimate of drug-likeness (QED) is 0.249. The molecule has 0 saturated carbocycles. The Kier molecular flexibility index (Phi) is 7.78. The number of nitrogens with zero attached hydrogens (tertiary/aromatic N) is 1. The smallest absolute Gasteiger partial charge is 0.434 e. The predicted molar refractivity (Wildman–Crippen MR) is 137 cm³/mol. The number of aliphatic hydroxyl groups is 1. The summed E-state index contributed by atoms with van der Waals surface area (Å²) in [5.74, 6) is -0.720. The number of hydrogen-bond donors (Lipinski definition) is 2. The van der Waals surface area contributed by atoms with Gasteiger partial charge in [0.25, 0.3) is 0 Å². The SMILES string of the molecule is COB(C)c1ccc(C(CO)c2nc3c(Cl)c(-c4ccccc4OC(F)(F)F)c(Cl)cc3[nH]2)c(Cl)c1. The zero-order valence-corrected chi connectivity index (χ0v) is 21.2. The monoisotopic (exact) mass is 556 g/mol. The molecule has 0 aliphatic rings. The van der Waals surface area contributed by atoms with E-state index in [2.05, 4.69) is 14.7 Å². The van der Waals surface area contributed by atoms with Crippen LogP contribution in [0.1, 0.15) is 17.3 Å². The standard InChI is InChI=1S/C24H19BCl3F3N2O3/c1-25(35-2)12-7-8-13(16(26)9-12)15(11-34)23-32-18-10-17(27)20(21(28)22(18)33-23)14-5-3-4-6-19(14)36-24(29,30)31/h3-10,15,34H,11H2,1-2H3,(H,32,33). The van der Waals surface area contributed by atoms with Gasteiger partial charge in [-0.25, -0.2) is 4.98 Å². The number of imidazole rings is 1. The van der Waals surface area contributed by atoms with Crippen molar-refractivity contribution in [2.24, 2.45) is 0 Å². The van der Waals surface area contributed by atoms with Crippen LogP contribution < -0.4 is 10.2 Å². The van der Waals surface area contributed by atoms with Crippen LogP contribution in [-0.4, -0.2) is 42.1 Å². The van der Waals surface area contributed by atoms with Crippen LogP contribution >= 0.6 is 34.8 Å². The van der Waals surface area contributed by atoms with Crippen LogP contribution in [0.2, 0.25) is 21.9 Å². The van der Waals surface area contributed by atoms with E-state index in [0.717, 1.165) is 5.46 Å². The molecule has 2 N–H and O–H groups in total. The van der Waals surface area contributed by atoms with Crippen LogP contribution in [0, 0.1) is 0 Å². The first kappa shape index (κ1) is 26.6. The average molecular weight is 558 g/mol. The van der Waals surface area contributed by atoms with Crippen molar-refractivity contribution in [3.05, 3.63) is 75.0 Å². The van der Waals surface area contributed by atoms with E-state index in [4.69, 9.17) is 39.5 Å². The minimum atomic E-state index is -4.90. The summed E-state index contributed by atoms with van der Waals surface area (Å²) in [7, 11) is 1.59. The second-order valence-electron chi connectivity index (χ2n) is 8.00. The van der Waals surface area contributed by atoms with Crippen molar-refractivity contribution in [3.63, 3.8) is 0 Å². The average Bonchev–Trinajstić information content (AvgIpc) is 3.24. The summed E-state index contributed by atoms with van der Waals surface area (Å²) < 4.78 is 48.4. The van der Waals surface area contributed by atoms with Gasteiger partial charge < -0.3 is 19.5 Å². The lowest BCUT2D eigenvalue weighted by atomic mass is 9.63. The largest absolute Gasteiger partial charge is 0.573 e. The number of hydrogen-bond acceptors (Lipinski definition) is 4. The highest BCUT2D eigenvalue weighted by Crippen LogP contribution is 2.44. The zero-order chi connectivity index (χ0) is 26.2. The molecule has 1 aromatic heterocycles. The molecular weight excluding hydrogens is 538 g/mol. The second kappa shape index (κ2) is 10.5. The molecule has 0 spiro atoms. The van der Waals surface area contributed by atoms with Crippen molar-refractivity contribution < 1.29 is 27.7 Å². The van der Waals surface area contributed by atoms with E-state index in [1.165, 1.54) is 24.3 Å². The van der Waals surface area contributed by atoms with Crippen LogP contribution in [0.25, 0.3) is 22.2 Å². The normalized spacial score (nSPS) is 12.7. The minimum absolute atomic E-state index is 0.0327. The van der Waals surface area contributed by atoms with Gasteiger partial charge in [0.2, 0.25) is 0 Å². The highest BCUT2D eigenvalue weighted by atomic mass is 35.5. The Labute approximate surface area is 220 Å². The minimum Gasteiger partial charge on any atom is -0.434 e.